The summed E-state index contributed by atoms with van der Waals surface area (Å²) in [7, 11) is 0. The van der Waals surface area contributed by atoms with Crippen molar-refractivity contribution in [2.75, 3.05) is 6.54 Å². The van der Waals surface area contributed by atoms with Gasteiger partial charge in [-0.2, -0.15) is 13.2 Å². The van der Waals surface area contributed by atoms with Crippen LogP contribution in [0.3, 0.4) is 0 Å². The molecule has 1 aliphatic heterocycles. The maximum Gasteiger partial charge on any atom is 0.417 e. The van der Waals surface area contributed by atoms with Crippen molar-refractivity contribution < 1.29 is 18.0 Å². The Balaban J connectivity index is 1.89. The van der Waals surface area contributed by atoms with Gasteiger partial charge in [0.15, 0.2) is 0 Å². The van der Waals surface area contributed by atoms with Crippen LogP contribution in [0.2, 0.25) is 4.34 Å². The molecule has 30 heavy (non-hydrogen) atoms. The van der Waals surface area contributed by atoms with E-state index in [-0.39, 0.29) is 17.4 Å². The van der Waals surface area contributed by atoms with Gasteiger partial charge in [0.1, 0.15) is 0 Å². The predicted octanol–water partition coefficient (Wildman–Crippen LogP) is 6.14. The minimum atomic E-state index is -4.51. The van der Waals surface area contributed by atoms with Crippen LogP contribution in [0.25, 0.3) is 11.1 Å². The number of thiophene rings is 1. The summed E-state index contributed by atoms with van der Waals surface area (Å²) in [5.41, 5.74) is 1.32. The van der Waals surface area contributed by atoms with E-state index in [1.807, 2.05) is 6.07 Å². The fraction of sp³-hybridized carbons (Fsp3) is 0.182. The Kier molecular flexibility index (Phi) is 5.42. The van der Waals surface area contributed by atoms with E-state index >= 15 is 0 Å². The molecule has 1 atom stereocenters. The molecular weight excluding hydrogens is 433 g/mol. The summed E-state index contributed by atoms with van der Waals surface area (Å²) in [6.45, 7) is 4.27. The highest BCUT2D eigenvalue weighted by atomic mass is 35.5. The average Bonchev–Trinajstić information content (AvgIpc) is 3.12. The number of halogens is 4. The molecule has 1 amide bonds. The molecule has 0 spiro atoms. The second-order valence-electron chi connectivity index (χ2n) is 6.91. The fourth-order valence-corrected chi connectivity index (χ4v) is 5.21. The molecule has 8 heteroatoms. The molecule has 154 valence electrons. The highest BCUT2D eigenvalue weighted by molar-refractivity contribution is 7.16. The summed E-state index contributed by atoms with van der Waals surface area (Å²) >= 11 is 7.62. The van der Waals surface area contributed by atoms with Crippen molar-refractivity contribution in [1.82, 2.24) is 9.88 Å². The molecule has 3 nitrogen and oxygen atoms in total. The fourth-order valence-electron chi connectivity index (χ4n) is 3.85. The summed E-state index contributed by atoms with van der Waals surface area (Å²) in [5, 5.41) is 0. The number of fused-ring (bicyclic) bond motifs is 1. The quantitative estimate of drug-likeness (QED) is 0.451. The van der Waals surface area contributed by atoms with Gasteiger partial charge in [0.05, 0.1) is 16.4 Å². The summed E-state index contributed by atoms with van der Waals surface area (Å²) in [6, 6.07) is 9.75. The molecule has 0 saturated heterocycles. The number of alkyl halides is 3. The van der Waals surface area contributed by atoms with Crippen LogP contribution in [-0.2, 0) is 17.5 Å². The van der Waals surface area contributed by atoms with Gasteiger partial charge in [0, 0.05) is 35.3 Å². The first-order chi connectivity index (χ1) is 14.3. The van der Waals surface area contributed by atoms with Gasteiger partial charge in [-0.25, -0.2) is 0 Å². The Hall–Kier alpha value is -2.64. The summed E-state index contributed by atoms with van der Waals surface area (Å²) in [4.78, 5) is 18.8. The van der Waals surface area contributed by atoms with Crippen molar-refractivity contribution >= 4 is 28.8 Å². The lowest BCUT2D eigenvalue weighted by Crippen LogP contribution is -2.37. The number of hydrogen-bond acceptors (Lipinski definition) is 3. The smallest absolute Gasteiger partial charge is 0.333 e. The third-order valence-corrected chi connectivity index (χ3v) is 6.43. The van der Waals surface area contributed by atoms with E-state index in [1.165, 1.54) is 23.6 Å². The van der Waals surface area contributed by atoms with Crippen LogP contribution in [0.15, 0.2) is 61.4 Å². The molecule has 2 aromatic heterocycles. The van der Waals surface area contributed by atoms with Crippen molar-refractivity contribution in [1.29, 1.82) is 0 Å². The molecule has 0 aliphatic carbocycles. The molecule has 0 saturated carbocycles. The Morgan fingerprint density at radius 2 is 2.00 bits per heavy atom. The van der Waals surface area contributed by atoms with Gasteiger partial charge < -0.3 is 4.90 Å². The van der Waals surface area contributed by atoms with E-state index in [9.17, 15) is 18.0 Å². The van der Waals surface area contributed by atoms with Crippen LogP contribution >= 0.6 is 22.9 Å². The lowest BCUT2D eigenvalue weighted by Gasteiger charge is -2.33. The van der Waals surface area contributed by atoms with Crippen LogP contribution in [0.4, 0.5) is 13.2 Å². The van der Waals surface area contributed by atoms with Crippen molar-refractivity contribution in [2.45, 2.75) is 18.6 Å². The van der Waals surface area contributed by atoms with Gasteiger partial charge in [0.25, 0.3) is 0 Å². The molecule has 1 aliphatic rings. The van der Waals surface area contributed by atoms with Crippen molar-refractivity contribution in [3.8, 4) is 11.1 Å². The standard InChI is InChI=1S/C22H16ClF3N2OS/c1-2-21(29)28-11-17(15-9-20(23)30-19(15)12-28)14-6-4-3-5-13(14)16-10-27-8-7-18(16)22(24,25)26/h2-10,17H,1,11-12H2. The number of rotatable bonds is 3. The van der Waals surface area contributed by atoms with Crippen LogP contribution in [0, 0.1) is 0 Å². The minimum absolute atomic E-state index is 0.00986. The second kappa shape index (κ2) is 7.89. The first-order valence-electron chi connectivity index (χ1n) is 9.09. The molecule has 3 aromatic rings. The number of pyridine rings is 1. The molecule has 0 radical (unpaired) electrons. The van der Waals surface area contributed by atoms with E-state index in [1.54, 1.807) is 29.2 Å². The zero-order chi connectivity index (χ0) is 21.5. The highest BCUT2D eigenvalue weighted by Crippen LogP contribution is 2.44. The SMILES string of the molecule is C=CC(=O)N1Cc2sc(Cl)cc2C(c2ccccc2-c2cnccc2C(F)(F)F)C1. The lowest BCUT2D eigenvalue weighted by atomic mass is 9.83. The number of aromatic nitrogens is 1. The number of benzene rings is 1. The van der Waals surface area contributed by atoms with Crippen molar-refractivity contribution in [3.05, 3.63) is 87.4 Å². The molecule has 0 N–H and O–H groups in total. The first-order valence-corrected chi connectivity index (χ1v) is 10.3. The largest absolute Gasteiger partial charge is 0.417 e. The number of nitrogens with zero attached hydrogens (tertiary/aromatic N) is 2. The second-order valence-corrected chi connectivity index (χ2v) is 8.68. The molecule has 1 aromatic carbocycles. The lowest BCUT2D eigenvalue weighted by molar-refractivity contribution is -0.137. The molecular formula is C22H16ClF3N2OS. The van der Waals surface area contributed by atoms with Gasteiger partial charge in [-0.3, -0.25) is 9.78 Å². The Morgan fingerprint density at radius 1 is 1.23 bits per heavy atom. The predicted molar refractivity (Wildman–Crippen MR) is 111 cm³/mol. The maximum atomic E-state index is 13.7. The topological polar surface area (TPSA) is 33.2 Å². The zero-order valence-corrected chi connectivity index (χ0v) is 17.2. The normalized spacial score (nSPS) is 16.3. The van der Waals surface area contributed by atoms with E-state index in [4.69, 9.17) is 11.6 Å². The van der Waals surface area contributed by atoms with Crippen LogP contribution in [-0.4, -0.2) is 22.3 Å². The average molecular weight is 449 g/mol. The maximum absolute atomic E-state index is 13.7. The summed E-state index contributed by atoms with van der Waals surface area (Å²) in [5.74, 6) is -0.552. The molecule has 0 bridgehead atoms. The van der Waals surface area contributed by atoms with Gasteiger partial charge in [-0.05, 0) is 34.9 Å². The molecule has 4 rings (SSSR count). The van der Waals surface area contributed by atoms with E-state index in [0.29, 0.717) is 28.6 Å². The molecule has 0 fully saturated rings. The van der Waals surface area contributed by atoms with Gasteiger partial charge in [-0.15, -0.1) is 11.3 Å². The van der Waals surface area contributed by atoms with Crippen LogP contribution in [0.5, 0.6) is 0 Å². The van der Waals surface area contributed by atoms with E-state index in [0.717, 1.165) is 22.7 Å². The van der Waals surface area contributed by atoms with E-state index < -0.39 is 11.7 Å². The minimum Gasteiger partial charge on any atom is -0.333 e. The van der Waals surface area contributed by atoms with Crippen LogP contribution < -0.4 is 0 Å². The summed E-state index contributed by atoms with van der Waals surface area (Å²) in [6.07, 6.45) is -0.902. The highest BCUT2D eigenvalue weighted by Gasteiger charge is 2.36. The number of amides is 1. The van der Waals surface area contributed by atoms with Crippen molar-refractivity contribution in [2.24, 2.45) is 0 Å². The van der Waals surface area contributed by atoms with Gasteiger partial charge in [-0.1, -0.05) is 42.4 Å². The van der Waals surface area contributed by atoms with E-state index in [2.05, 4.69) is 11.6 Å². The number of carbonyl (C=O) groups excluding carboxylic acids is 1. The summed E-state index contributed by atoms with van der Waals surface area (Å²) < 4.78 is 41.5. The molecule has 1 unspecified atom stereocenters. The number of hydrogen-bond donors (Lipinski definition) is 0. The van der Waals surface area contributed by atoms with Crippen LogP contribution in [0.1, 0.15) is 27.5 Å². The third kappa shape index (κ3) is 3.75. The first kappa shape index (κ1) is 20.6. The Bertz CT molecular complexity index is 1130. The van der Waals surface area contributed by atoms with Crippen molar-refractivity contribution in [3.63, 3.8) is 0 Å². The Morgan fingerprint density at radius 3 is 2.73 bits per heavy atom. The Labute approximate surface area is 180 Å². The van der Waals surface area contributed by atoms with Gasteiger partial charge >= 0.3 is 6.18 Å². The third-order valence-electron chi connectivity index (χ3n) is 5.16. The number of carbonyl (C=O) groups is 1. The van der Waals surface area contributed by atoms with Gasteiger partial charge in [0.2, 0.25) is 5.91 Å². The molecule has 3 heterocycles. The monoisotopic (exact) mass is 448 g/mol. The zero-order valence-electron chi connectivity index (χ0n) is 15.6.